The number of hydrogen-bond donors (Lipinski definition) is 1. The molecule has 4 heteroatoms. The standard InChI is InChI=1S/C15H20N2S2/c1-2-4-13(5-3-1)14-11-17-15(19-14)16-10-12-6-8-18-9-7-12/h1-5,12,14H,6-11H2,(H,16,17). The van der Waals surface area contributed by atoms with E-state index in [1.165, 1.54) is 29.9 Å². The smallest absolute Gasteiger partial charge is 0.157 e. The van der Waals surface area contributed by atoms with E-state index >= 15 is 0 Å². The van der Waals surface area contributed by atoms with Crippen LogP contribution >= 0.6 is 23.5 Å². The van der Waals surface area contributed by atoms with Crippen LogP contribution < -0.4 is 5.32 Å². The van der Waals surface area contributed by atoms with Crippen molar-refractivity contribution < 1.29 is 0 Å². The van der Waals surface area contributed by atoms with Crippen LogP contribution in [0.3, 0.4) is 0 Å². The first-order valence-electron chi connectivity index (χ1n) is 6.99. The first kappa shape index (κ1) is 13.4. The van der Waals surface area contributed by atoms with Gasteiger partial charge in [-0.1, -0.05) is 42.1 Å². The number of hydrogen-bond acceptors (Lipinski definition) is 4. The van der Waals surface area contributed by atoms with Gasteiger partial charge in [-0.3, -0.25) is 4.99 Å². The van der Waals surface area contributed by atoms with Crippen molar-refractivity contribution in [3.8, 4) is 0 Å². The molecule has 0 radical (unpaired) electrons. The molecule has 0 aromatic heterocycles. The fraction of sp³-hybridized carbons (Fsp3) is 0.533. The SMILES string of the molecule is c1ccc(C2CN=C(NCC3CCSCC3)S2)cc1. The second-order valence-electron chi connectivity index (χ2n) is 5.10. The Labute approximate surface area is 123 Å². The monoisotopic (exact) mass is 292 g/mol. The largest absolute Gasteiger partial charge is 0.365 e. The minimum Gasteiger partial charge on any atom is -0.365 e. The molecule has 0 aliphatic carbocycles. The van der Waals surface area contributed by atoms with Crippen molar-refractivity contribution in [1.82, 2.24) is 5.32 Å². The average molecular weight is 292 g/mol. The number of amidine groups is 1. The van der Waals surface area contributed by atoms with Crippen molar-refractivity contribution in [2.24, 2.45) is 10.9 Å². The van der Waals surface area contributed by atoms with Crippen LogP contribution in [-0.2, 0) is 0 Å². The second-order valence-corrected chi connectivity index (χ2v) is 7.52. The lowest BCUT2D eigenvalue weighted by atomic mass is 10.0. The Hall–Kier alpha value is -0.610. The molecule has 19 heavy (non-hydrogen) atoms. The van der Waals surface area contributed by atoms with E-state index in [-0.39, 0.29) is 0 Å². The Bertz CT molecular complexity index is 427. The van der Waals surface area contributed by atoms with Crippen molar-refractivity contribution in [2.75, 3.05) is 24.6 Å². The molecule has 3 rings (SSSR count). The van der Waals surface area contributed by atoms with Crippen molar-refractivity contribution in [1.29, 1.82) is 0 Å². The van der Waals surface area contributed by atoms with Crippen molar-refractivity contribution in [3.05, 3.63) is 35.9 Å². The molecule has 0 amide bonds. The maximum atomic E-state index is 4.64. The molecule has 2 aliphatic rings. The van der Waals surface area contributed by atoms with Crippen LogP contribution in [0.2, 0.25) is 0 Å². The summed E-state index contributed by atoms with van der Waals surface area (Å²) in [4.78, 5) is 4.64. The van der Waals surface area contributed by atoms with Crippen LogP contribution in [0.25, 0.3) is 0 Å². The zero-order valence-electron chi connectivity index (χ0n) is 11.0. The summed E-state index contributed by atoms with van der Waals surface area (Å²) >= 11 is 3.98. The molecule has 1 fully saturated rings. The van der Waals surface area contributed by atoms with Crippen molar-refractivity contribution in [3.63, 3.8) is 0 Å². The van der Waals surface area contributed by atoms with Gasteiger partial charge in [0.05, 0.1) is 11.8 Å². The molecular formula is C15H20N2S2. The molecule has 1 atom stereocenters. The van der Waals surface area contributed by atoms with Crippen LogP contribution in [0.5, 0.6) is 0 Å². The van der Waals surface area contributed by atoms with Crippen molar-refractivity contribution in [2.45, 2.75) is 18.1 Å². The van der Waals surface area contributed by atoms with Gasteiger partial charge in [0.25, 0.3) is 0 Å². The number of nitrogens with one attached hydrogen (secondary N) is 1. The quantitative estimate of drug-likeness (QED) is 0.922. The summed E-state index contributed by atoms with van der Waals surface area (Å²) in [5.74, 6) is 3.51. The summed E-state index contributed by atoms with van der Waals surface area (Å²) in [5.41, 5.74) is 1.39. The van der Waals surface area contributed by atoms with Gasteiger partial charge in [-0.25, -0.2) is 0 Å². The molecule has 2 heterocycles. The number of rotatable bonds is 3. The van der Waals surface area contributed by atoms with E-state index in [0.717, 1.165) is 24.2 Å². The average Bonchev–Trinajstić information content (AvgIpc) is 2.96. The van der Waals surface area contributed by atoms with Crippen LogP contribution in [0, 0.1) is 5.92 Å². The van der Waals surface area contributed by atoms with Crippen LogP contribution in [-0.4, -0.2) is 29.8 Å². The van der Waals surface area contributed by atoms with E-state index in [1.54, 1.807) is 0 Å². The van der Waals surface area contributed by atoms with E-state index in [0.29, 0.717) is 5.25 Å². The summed E-state index contributed by atoms with van der Waals surface area (Å²) in [6.07, 6.45) is 2.72. The number of benzene rings is 1. The molecular weight excluding hydrogens is 272 g/mol. The summed E-state index contributed by atoms with van der Waals surface area (Å²) in [7, 11) is 0. The van der Waals surface area contributed by atoms with Gasteiger partial charge < -0.3 is 5.32 Å². The maximum absolute atomic E-state index is 4.64. The summed E-state index contributed by atoms with van der Waals surface area (Å²) in [6.45, 7) is 2.02. The van der Waals surface area contributed by atoms with E-state index < -0.39 is 0 Å². The lowest BCUT2D eigenvalue weighted by Gasteiger charge is -2.21. The van der Waals surface area contributed by atoms with Crippen LogP contribution in [0.4, 0.5) is 0 Å². The molecule has 1 N–H and O–H groups in total. The molecule has 2 nitrogen and oxygen atoms in total. The Morgan fingerprint density at radius 2 is 1.95 bits per heavy atom. The Balaban J connectivity index is 1.46. The van der Waals surface area contributed by atoms with Gasteiger partial charge in [0, 0.05) is 6.54 Å². The predicted molar refractivity (Wildman–Crippen MR) is 87.1 cm³/mol. The van der Waals surface area contributed by atoms with Crippen LogP contribution in [0.1, 0.15) is 23.7 Å². The van der Waals surface area contributed by atoms with E-state index in [4.69, 9.17) is 0 Å². The lowest BCUT2D eigenvalue weighted by molar-refractivity contribution is 0.483. The van der Waals surface area contributed by atoms with Gasteiger partial charge in [-0.05, 0) is 35.8 Å². The highest BCUT2D eigenvalue weighted by Crippen LogP contribution is 2.34. The molecule has 1 saturated heterocycles. The Morgan fingerprint density at radius 3 is 2.74 bits per heavy atom. The molecule has 0 spiro atoms. The Morgan fingerprint density at radius 1 is 1.16 bits per heavy atom. The number of thioether (sulfide) groups is 2. The highest BCUT2D eigenvalue weighted by atomic mass is 32.2. The van der Waals surface area contributed by atoms with Gasteiger partial charge in [0.2, 0.25) is 0 Å². The third-order valence-electron chi connectivity index (χ3n) is 3.71. The van der Waals surface area contributed by atoms with E-state index in [2.05, 4.69) is 52.4 Å². The molecule has 1 unspecified atom stereocenters. The highest BCUT2D eigenvalue weighted by molar-refractivity contribution is 8.14. The maximum Gasteiger partial charge on any atom is 0.157 e. The zero-order chi connectivity index (χ0) is 12.9. The topological polar surface area (TPSA) is 24.4 Å². The summed E-state index contributed by atoms with van der Waals surface area (Å²) in [5, 5.41) is 5.21. The van der Waals surface area contributed by atoms with E-state index in [9.17, 15) is 0 Å². The first-order chi connectivity index (χ1) is 9.42. The first-order valence-corrected chi connectivity index (χ1v) is 9.03. The lowest BCUT2D eigenvalue weighted by Crippen LogP contribution is -2.28. The summed E-state index contributed by atoms with van der Waals surface area (Å²) < 4.78 is 0. The zero-order valence-corrected chi connectivity index (χ0v) is 12.7. The highest BCUT2D eigenvalue weighted by Gasteiger charge is 2.22. The number of nitrogens with zero attached hydrogens (tertiary/aromatic N) is 1. The minimum atomic E-state index is 0.505. The normalized spacial score (nSPS) is 24.2. The second kappa shape index (κ2) is 6.71. The summed E-state index contributed by atoms with van der Waals surface area (Å²) in [6, 6.07) is 10.7. The third-order valence-corrected chi connectivity index (χ3v) is 5.96. The predicted octanol–water partition coefficient (Wildman–Crippen LogP) is 3.56. The fourth-order valence-corrected chi connectivity index (χ4v) is 4.73. The third kappa shape index (κ3) is 3.69. The van der Waals surface area contributed by atoms with Gasteiger partial charge in [0.15, 0.2) is 5.17 Å². The molecule has 102 valence electrons. The molecule has 1 aromatic rings. The van der Waals surface area contributed by atoms with Gasteiger partial charge >= 0.3 is 0 Å². The molecule has 0 saturated carbocycles. The Kier molecular flexibility index (Phi) is 4.72. The van der Waals surface area contributed by atoms with Gasteiger partial charge in [0.1, 0.15) is 0 Å². The molecule has 1 aromatic carbocycles. The van der Waals surface area contributed by atoms with Gasteiger partial charge in [-0.2, -0.15) is 11.8 Å². The minimum absolute atomic E-state index is 0.505. The fourth-order valence-electron chi connectivity index (χ4n) is 2.50. The van der Waals surface area contributed by atoms with Crippen molar-refractivity contribution >= 4 is 28.7 Å². The number of aliphatic imine (C=N–C) groups is 1. The van der Waals surface area contributed by atoms with E-state index in [1.807, 2.05) is 11.8 Å². The molecule has 0 bridgehead atoms. The van der Waals surface area contributed by atoms with Gasteiger partial charge in [-0.15, -0.1) is 0 Å². The van der Waals surface area contributed by atoms with Crippen LogP contribution in [0.15, 0.2) is 35.3 Å². The molecule has 2 aliphatic heterocycles.